The average Bonchev–Trinajstić information content (AvgIpc) is 2.55. The van der Waals surface area contributed by atoms with E-state index >= 15 is 0 Å². The molecule has 138 valence electrons. The van der Waals surface area contributed by atoms with Crippen LogP contribution in [0.15, 0.2) is 48.6 Å². The fourth-order valence-corrected chi connectivity index (χ4v) is 2.12. The molecule has 2 unspecified atom stereocenters. The molecule has 0 fully saturated rings. The molecule has 1 aliphatic carbocycles. The second kappa shape index (κ2) is 8.72. The van der Waals surface area contributed by atoms with Crippen LogP contribution in [0.25, 0.3) is 0 Å². The molecule has 1 aromatic rings. The third-order valence-corrected chi connectivity index (χ3v) is 3.44. The number of Topliss-reactive ketones (excluding diaryl/α,β-unsaturated/α-hetero) is 1. The standard InChI is InChI=1S/C9H10O4.C9H8O4/c1-6(10)9(13)5-3-2-4-7(9)8(11)12;1-6(10)13-8-5-3-2-4-7(8)9(11)12/h2-5,7,13H,1H3,(H,11,12);2-5H,1H3,(H,11,12). The van der Waals surface area contributed by atoms with Crippen molar-refractivity contribution in [1.29, 1.82) is 0 Å². The summed E-state index contributed by atoms with van der Waals surface area (Å²) in [5.74, 6) is -4.54. The lowest BCUT2D eigenvalue weighted by Crippen LogP contribution is -2.46. The van der Waals surface area contributed by atoms with Crippen molar-refractivity contribution in [2.75, 3.05) is 0 Å². The Bertz CT molecular complexity index is 777. The lowest BCUT2D eigenvalue weighted by Gasteiger charge is -2.27. The van der Waals surface area contributed by atoms with E-state index in [-0.39, 0.29) is 11.3 Å². The molecule has 1 aromatic carbocycles. The zero-order valence-electron chi connectivity index (χ0n) is 14.1. The Morgan fingerprint density at radius 3 is 2.12 bits per heavy atom. The second-order valence-corrected chi connectivity index (χ2v) is 5.34. The van der Waals surface area contributed by atoms with Gasteiger partial charge in [0.15, 0.2) is 11.4 Å². The molecular formula is C18H18O8. The van der Waals surface area contributed by atoms with Gasteiger partial charge in [0.25, 0.3) is 0 Å². The van der Waals surface area contributed by atoms with Crippen LogP contribution >= 0.6 is 0 Å². The summed E-state index contributed by atoms with van der Waals surface area (Å²) in [7, 11) is 0. The van der Waals surface area contributed by atoms with Crippen LogP contribution in [0.2, 0.25) is 0 Å². The molecule has 0 heterocycles. The van der Waals surface area contributed by atoms with Gasteiger partial charge in [-0.2, -0.15) is 0 Å². The number of carboxylic acids is 2. The van der Waals surface area contributed by atoms with Gasteiger partial charge in [-0.1, -0.05) is 30.4 Å². The largest absolute Gasteiger partial charge is 0.481 e. The van der Waals surface area contributed by atoms with Gasteiger partial charge in [-0.3, -0.25) is 14.4 Å². The van der Waals surface area contributed by atoms with Crippen molar-refractivity contribution in [3.05, 3.63) is 54.1 Å². The highest BCUT2D eigenvalue weighted by atomic mass is 16.5. The van der Waals surface area contributed by atoms with E-state index in [0.29, 0.717) is 0 Å². The van der Waals surface area contributed by atoms with Crippen molar-refractivity contribution in [2.24, 2.45) is 5.92 Å². The smallest absolute Gasteiger partial charge is 0.339 e. The summed E-state index contributed by atoms with van der Waals surface area (Å²) < 4.78 is 4.69. The van der Waals surface area contributed by atoms with Crippen molar-refractivity contribution in [1.82, 2.24) is 0 Å². The van der Waals surface area contributed by atoms with Crippen LogP contribution in [0.1, 0.15) is 24.2 Å². The number of carbonyl (C=O) groups is 4. The van der Waals surface area contributed by atoms with Crippen LogP contribution in [0, 0.1) is 5.92 Å². The summed E-state index contributed by atoms with van der Waals surface area (Å²) >= 11 is 0. The number of para-hydroxylation sites is 1. The lowest BCUT2D eigenvalue weighted by atomic mass is 9.81. The number of ether oxygens (including phenoxy) is 1. The first-order valence-corrected chi connectivity index (χ1v) is 7.42. The Labute approximate surface area is 149 Å². The van der Waals surface area contributed by atoms with Crippen LogP contribution in [0.4, 0.5) is 0 Å². The molecule has 0 saturated heterocycles. The average molecular weight is 362 g/mol. The monoisotopic (exact) mass is 362 g/mol. The molecule has 0 spiro atoms. The fraction of sp³-hybridized carbons (Fsp3) is 0.222. The number of hydrogen-bond donors (Lipinski definition) is 3. The molecule has 8 nitrogen and oxygen atoms in total. The van der Waals surface area contributed by atoms with Crippen LogP contribution < -0.4 is 4.74 Å². The molecule has 8 heteroatoms. The maximum Gasteiger partial charge on any atom is 0.339 e. The maximum atomic E-state index is 11.0. The number of esters is 1. The van der Waals surface area contributed by atoms with Gasteiger partial charge < -0.3 is 20.1 Å². The first kappa shape index (κ1) is 20.8. The number of carbonyl (C=O) groups excluding carboxylic acids is 2. The van der Waals surface area contributed by atoms with Crippen LogP contribution in [-0.2, 0) is 14.4 Å². The highest BCUT2D eigenvalue weighted by Crippen LogP contribution is 2.25. The minimum atomic E-state index is -1.89. The minimum absolute atomic E-state index is 0.0160. The summed E-state index contributed by atoms with van der Waals surface area (Å²) in [6.45, 7) is 2.39. The molecule has 1 aliphatic rings. The van der Waals surface area contributed by atoms with Gasteiger partial charge in [0.05, 0.1) is 0 Å². The van der Waals surface area contributed by atoms with E-state index in [9.17, 15) is 24.3 Å². The number of carboxylic acid groups (broad SMARTS) is 2. The van der Waals surface area contributed by atoms with Crippen molar-refractivity contribution >= 4 is 23.7 Å². The minimum Gasteiger partial charge on any atom is -0.481 e. The van der Waals surface area contributed by atoms with Gasteiger partial charge >= 0.3 is 17.9 Å². The highest BCUT2D eigenvalue weighted by molar-refractivity contribution is 5.94. The molecule has 2 rings (SSSR count). The highest BCUT2D eigenvalue weighted by Gasteiger charge is 2.43. The number of benzene rings is 1. The second-order valence-electron chi connectivity index (χ2n) is 5.34. The predicted octanol–water partition coefficient (Wildman–Crippen LogP) is 1.44. The number of allylic oxidation sites excluding steroid dienone is 2. The van der Waals surface area contributed by atoms with E-state index in [1.54, 1.807) is 12.1 Å². The number of aliphatic hydroxyl groups is 1. The number of hydrogen-bond acceptors (Lipinski definition) is 6. The zero-order chi connectivity index (χ0) is 19.9. The van der Waals surface area contributed by atoms with E-state index in [0.717, 1.165) is 0 Å². The molecule has 26 heavy (non-hydrogen) atoms. The van der Waals surface area contributed by atoms with Crippen LogP contribution in [0.5, 0.6) is 5.75 Å². The Kier molecular flexibility index (Phi) is 6.97. The quantitative estimate of drug-likeness (QED) is 0.540. The summed E-state index contributed by atoms with van der Waals surface area (Å²) in [6.07, 6.45) is 5.45. The molecule has 0 aliphatic heterocycles. The summed E-state index contributed by atoms with van der Waals surface area (Å²) in [4.78, 5) is 42.9. The van der Waals surface area contributed by atoms with Gasteiger partial charge in [-0.25, -0.2) is 4.79 Å². The Balaban J connectivity index is 0.000000260. The van der Waals surface area contributed by atoms with E-state index in [4.69, 9.17) is 10.2 Å². The molecule has 0 bridgehead atoms. The van der Waals surface area contributed by atoms with Crippen molar-refractivity contribution in [3.63, 3.8) is 0 Å². The summed E-state index contributed by atoms with van der Waals surface area (Å²) in [6, 6.07) is 5.98. The molecule has 2 atom stereocenters. The maximum absolute atomic E-state index is 11.0. The Morgan fingerprint density at radius 1 is 1.04 bits per heavy atom. The molecule has 0 radical (unpaired) electrons. The third-order valence-electron chi connectivity index (χ3n) is 3.44. The van der Waals surface area contributed by atoms with Gasteiger partial charge in [-0.05, 0) is 25.1 Å². The lowest BCUT2D eigenvalue weighted by molar-refractivity contribution is -0.152. The van der Waals surface area contributed by atoms with Gasteiger partial charge in [-0.15, -0.1) is 0 Å². The van der Waals surface area contributed by atoms with Gasteiger partial charge in [0, 0.05) is 6.92 Å². The van der Waals surface area contributed by atoms with Crippen molar-refractivity contribution in [3.8, 4) is 5.75 Å². The van der Waals surface area contributed by atoms with E-state index in [1.807, 2.05) is 0 Å². The molecule has 0 amide bonds. The molecule has 0 aromatic heterocycles. The number of rotatable bonds is 4. The normalized spacial score (nSPS) is 20.5. The van der Waals surface area contributed by atoms with E-state index < -0.39 is 35.2 Å². The SMILES string of the molecule is CC(=O)C1(O)C=CC=CC1C(=O)O.CC(=O)Oc1ccccc1C(=O)O. The van der Waals surface area contributed by atoms with Gasteiger partial charge in [0.2, 0.25) is 0 Å². The Hall–Kier alpha value is -3.26. The summed E-state index contributed by atoms with van der Waals surface area (Å²) in [5.41, 5.74) is -1.90. The Morgan fingerprint density at radius 2 is 1.65 bits per heavy atom. The summed E-state index contributed by atoms with van der Waals surface area (Å²) in [5, 5.41) is 27.1. The number of aliphatic carboxylic acids is 1. The topological polar surface area (TPSA) is 138 Å². The van der Waals surface area contributed by atoms with Crippen molar-refractivity contribution in [2.45, 2.75) is 19.4 Å². The van der Waals surface area contributed by atoms with Gasteiger partial charge in [0.1, 0.15) is 17.2 Å². The first-order chi connectivity index (χ1) is 12.1. The zero-order valence-corrected chi connectivity index (χ0v) is 14.1. The van der Waals surface area contributed by atoms with Crippen LogP contribution in [-0.4, -0.2) is 44.6 Å². The van der Waals surface area contributed by atoms with E-state index in [2.05, 4.69) is 4.74 Å². The molecule has 3 N–H and O–H groups in total. The van der Waals surface area contributed by atoms with Crippen molar-refractivity contribution < 1.29 is 39.2 Å². The van der Waals surface area contributed by atoms with Crippen LogP contribution in [0.3, 0.4) is 0 Å². The number of ketones is 1. The predicted molar refractivity (Wildman–Crippen MR) is 89.7 cm³/mol. The third kappa shape index (κ3) is 5.12. The molecular weight excluding hydrogens is 344 g/mol. The fourth-order valence-electron chi connectivity index (χ4n) is 2.12. The number of aromatic carboxylic acids is 1. The van der Waals surface area contributed by atoms with E-state index in [1.165, 1.54) is 50.3 Å². The molecule has 0 saturated carbocycles. The first-order valence-electron chi connectivity index (χ1n) is 7.42.